The first-order chi connectivity index (χ1) is 16.0. The summed E-state index contributed by atoms with van der Waals surface area (Å²) in [5.74, 6) is -0.109. The van der Waals surface area contributed by atoms with E-state index in [0.29, 0.717) is 17.5 Å². The summed E-state index contributed by atoms with van der Waals surface area (Å²) in [6, 6.07) is 21.1. The summed E-state index contributed by atoms with van der Waals surface area (Å²) in [6.07, 6.45) is 2.25. The quantitative estimate of drug-likeness (QED) is 0.587. The van der Waals surface area contributed by atoms with Crippen molar-refractivity contribution in [2.24, 2.45) is 16.6 Å². The van der Waals surface area contributed by atoms with Gasteiger partial charge in [0, 0.05) is 11.9 Å². The monoisotopic (exact) mass is 453 g/mol. The number of rotatable bonds is 6. The number of aryl methyl sites for hydroxylation is 1. The van der Waals surface area contributed by atoms with Gasteiger partial charge in [-0.25, -0.2) is 4.99 Å². The maximum atomic E-state index is 13.1. The number of guanidine groups is 1. The Balaban J connectivity index is 1.56. The van der Waals surface area contributed by atoms with Gasteiger partial charge in [0.1, 0.15) is 0 Å². The fourth-order valence-corrected chi connectivity index (χ4v) is 5.13. The molecule has 0 spiro atoms. The molecule has 1 aromatic heterocycles. The molecule has 1 aliphatic rings. The highest BCUT2D eigenvalue weighted by Crippen LogP contribution is 2.39. The number of carbonyl (C=O) groups excluding carboxylic acids is 1. The Morgan fingerprint density at radius 1 is 1.06 bits per heavy atom. The van der Waals surface area contributed by atoms with Gasteiger partial charge in [-0.15, -0.1) is 11.3 Å². The highest BCUT2D eigenvalue weighted by Gasteiger charge is 2.37. The molecule has 2 heterocycles. The van der Waals surface area contributed by atoms with E-state index in [4.69, 9.17) is 11.0 Å². The van der Waals surface area contributed by atoms with Crippen LogP contribution >= 0.6 is 11.3 Å². The summed E-state index contributed by atoms with van der Waals surface area (Å²) >= 11 is 1.56. The minimum absolute atomic E-state index is 0.0281. The van der Waals surface area contributed by atoms with Crippen LogP contribution < -0.4 is 5.73 Å². The van der Waals surface area contributed by atoms with Gasteiger partial charge in [-0.1, -0.05) is 24.3 Å². The summed E-state index contributed by atoms with van der Waals surface area (Å²) in [5, 5.41) is 20.3. The second-order valence-corrected chi connectivity index (χ2v) is 9.01. The van der Waals surface area contributed by atoms with Gasteiger partial charge in [-0.05, 0) is 71.7 Å². The molecule has 0 saturated carbocycles. The molecule has 164 valence electrons. The van der Waals surface area contributed by atoms with Crippen molar-refractivity contribution in [1.82, 2.24) is 4.90 Å². The standard InChI is InChI=1S/C26H23N5OS/c1-31-25(32)22(10-4-6-17-5-2-7-18(11-17)14-27)24(30-26(31)29)23-13-21(16-33-23)20-9-3-8-19(12-20)15-28/h2-3,5,7-9,11-13,16,22,24H,4,6,10H2,1H3,(H2,29,30)/t22?,24-/m0/s1. The van der Waals surface area contributed by atoms with Crippen molar-refractivity contribution in [3.05, 3.63) is 81.5 Å². The van der Waals surface area contributed by atoms with Gasteiger partial charge in [-0.3, -0.25) is 9.69 Å². The van der Waals surface area contributed by atoms with E-state index in [0.717, 1.165) is 34.4 Å². The van der Waals surface area contributed by atoms with Crippen molar-refractivity contribution in [3.63, 3.8) is 0 Å². The van der Waals surface area contributed by atoms with Crippen LogP contribution in [0.3, 0.4) is 0 Å². The molecular weight excluding hydrogens is 430 g/mol. The maximum Gasteiger partial charge on any atom is 0.234 e. The van der Waals surface area contributed by atoms with Crippen molar-refractivity contribution in [3.8, 4) is 23.3 Å². The van der Waals surface area contributed by atoms with E-state index >= 15 is 0 Å². The van der Waals surface area contributed by atoms with E-state index in [1.807, 2.05) is 47.8 Å². The van der Waals surface area contributed by atoms with E-state index in [1.165, 1.54) is 4.90 Å². The van der Waals surface area contributed by atoms with Crippen molar-refractivity contribution >= 4 is 23.2 Å². The fraction of sp³-hybridized carbons (Fsp3) is 0.231. The largest absolute Gasteiger partial charge is 0.369 e. The van der Waals surface area contributed by atoms with Gasteiger partial charge in [0.15, 0.2) is 5.96 Å². The van der Waals surface area contributed by atoms with Crippen molar-refractivity contribution < 1.29 is 4.79 Å². The summed E-state index contributed by atoms with van der Waals surface area (Å²) in [5.41, 5.74) is 10.4. The molecule has 2 aromatic carbocycles. The number of hydrogen-bond acceptors (Lipinski definition) is 6. The molecule has 6 nitrogen and oxygen atoms in total. The zero-order valence-electron chi connectivity index (χ0n) is 18.2. The zero-order valence-corrected chi connectivity index (χ0v) is 19.0. The van der Waals surface area contributed by atoms with Crippen LogP contribution in [0.25, 0.3) is 11.1 Å². The number of carbonyl (C=O) groups is 1. The molecule has 0 bridgehead atoms. The van der Waals surface area contributed by atoms with Gasteiger partial charge in [0.05, 0.1) is 35.2 Å². The second kappa shape index (κ2) is 9.68. The minimum Gasteiger partial charge on any atom is -0.369 e. The topological polar surface area (TPSA) is 106 Å². The summed E-state index contributed by atoms with van der Waals surface area (Å²) in [4.78, 5) is 20.2. The average Bonchev–Trinajstić information content (AvgIpc) is 3.34. The molecule has 0 radical (unpaired) electrons. The third-order valence-corrected chi connectivity index (χ3v) is 6.92. The van der Waals surface area contributed by atoms with Crippen LogP contribution in [-0.2, 0) is 11.2 Å². The highest BCUT2D eigenvalue weighted by molar-refractivity contribution is 7.10. The Kier molecular flexibility index (Phi) is 6.53. The molecule has 3 aromatic rings. The molecule has 0 saturated heterocycles. The van der Waals surface area contributed by atoms with E-state index in [-0.39, 0.29) is 23.8 Å². The first-order valence-corrected chi connectivity index (χ1v) is 11.6. The Hall–Kier alpha value is -3.94. The summed E-state index contributed by atoms with van der Waals surface area (Å²) in [7, 11) is 1.66. The first-order valence-electron chi connectivity index (χ1n) is 10.7. The van der Waals surface area contributed by atoms with Gasteiger partial charge in [-0.2, -0.15) is 10.5 Å². The minimum atomic E-state index is -0.336. The molecule has 0 aliphatic carbocycles. The average molecular weight is 454 g/mol. The van der Waals surface area contributed by atoms with Crippen LogP contribution in [0.15, 0.2) is 65.0 Å². The molecule has 4 rings (SSSR count). The molecule has 2 atom stereocenters. The van der Waals surface area contributed by atoms with Gasteiger partial charge >= 0.3 is 0 Å². The SMILES string of the molecule is CN1C(=O)C(CCCc2cccc(C#N)c2)[C@@H](c2cc(-c3cccc(C#N)c3)cs2)N=C1N. The Labute approximate surface area is 197 Å². The molecule has 2 N–H and O–H groups in total. The first kappa shape index (κ1) is 22.3. The van der Waals surface area contributed by atoms with Crippen molar-refractivity contribution in [2.75, 3.05) is 7.05 Å². The maximum absolute atomic E-state index is 13.1. The lowest BCUT2D eigenvalue weighted by Gasteiger charge is -2.32. The van der Waals surface area contributed by atoms with Gasteiger partial charge in [0.2, 0.25) is 5.91 Å². The Morgan fingerprint density at radius 3 is 2.55 bits per heavy atom. The van der Waals surface area contributed by atoms with E-state index in [1.54, 1.807) is 30.5 Å². The van der Waals surface area contributed by atoms with Crippen LogP contribution in [0, 0.1) is 28.6 Å². The van der Waals surface area contributed by atoms with Crippen LogP contribution in [0.1, 0.15) is 40.5 Å². The fourth-order valence-electron chi connectivity index (χ4n) is 4.11. The van der Waals surface area contributed by atoms with Crippen LogP contribution in [0.2, 0.25) is 0 Å². The number of amides is 1. The predicted molar refractivity (Wildman–Crippen MR) is 129 cm³/mol. The van der Waals surface area contributed by atoms with Gasteiger partial charge in [0.25, 0.3) is 0 Å². The van der Waals surface area contributed by atoms with Crippen LogP contribution in [0.5, 0.6) is 0 Å². The third-order valence-electron chi connectivity index (χ3n) is 5.92. The molecule has 0 fully saturated rings. The molecule has 33 heavy (non-hydrogen) atoms. The molecule has 1 aliphatic heterocycles. The smallest absolute Gasteiger partial charge is 0.234 e. The van der Waals surface area contributed by atoms with E-state index < -0.39 is 0 Å². The number of nitrogens with two attached hydrogens (primary N) is 1. The number of nitriles is 2. The summed E-state index contributed by atoms with van der Waals surface area (Å²) in [6.45, 7) is 0. The molecule has 7 heteroatoms. The van der Waals surface area contributed by atoms with E-state index in [2.05, 4.69) is 17.1 Å². The second-order valence-electron chi connectivity index (χ2n) is 8.07. The third kappa shape index (κ3) is 4.79. The number of thiophene rings is 1. The lowest BCUT2D eigenvalue weighted by molar-refractivity contribution is -0.132. The number of aliphatic imine (C=N–C) groups is 1. The molecular formula is C26H23N5OS. The van der Waals surface area contributed by atoms with Crippen LogP contribution in [0.4, 0.5) is 0 Å². The Bertz CT molecular complexity index is 1300. The van der Waals surface area contributed by atoms with Gasteiger partial charge < -0.3 is 5.73 Å². The van der Waals surface area contributed by atoms with Crippen molar-refractivity contribution in [1.29, 1.82) is 10.5 Å². The lowest BCUT2D eigenvalue weighted by Crippen LogP contribution is -2.47. The number of nitrogens with zero attached hydrogens (tertiary/aromatic N) is 4. The molecule has 1 amide bonds. The zero-order chi connectivity index (χ0) is 23.4. The van der Waals surface area contributed by atoms with Crippen LogP contribution in [-0.4, -0.2) is 23.8 Å². The normalized spacial score (nSPS) is 17.8. The number of hydrogen-bond donors (Lipinski definition) is 1. The lowest BCUT2D eigenvalue weighted by atomic mass is 9.89. The highest BCUT2D eigenvalue weighted by atomic mass is 32.1. The molecule has 1 unspecified atom stereocenters. The summed E-state index contributed by atoms with van der Waals surface area (Å²) < 4.78 is 0. The Morgan fingerprint density at radius 2 is 1.79 bits per heavy atom. The van der Waals surface area contributed by atoms with Crippen molar-refractivity contribution in [2.45, 2.75) is 25.3 Å². The predicted octanol–water partition coefficient (Wildman–Crippen LogP) is 4.63. The number of benzene rings is 2. The van der Waals surface area contributed by atoms with E-state index in [9.17, 15) is 10.1 Å².